The van der Waals surface area contributed by atoms with E-state index in [0.29, 0.717) is 5.88 Å². The number of nitrogens with one attached hydrogen (secondary N) is 1. The summed E-state index contributed by atoms with van der Waals surface area (Å²) in [5.74, 6) is 1.67. The van der Waals surface area contributed by atoms with Crippen molar-refractivity contribution in [1.29, 1.82) is 0 Å². The molecule has 7 heteroatoms. The molecule has 7 nitrogen and oxygen atoms in total. The summed E-state index contributed by atoms with van der Waals surface area (Å²) in [5.41, 5.74) is 3.06. The average Bonchev–Trinajstić information content (AvgIpc) is 3.42. The summed E-state index contributed by atoms with van der Waals surface area (Å²) in [6.07, 6.45) is 9.95. The zero-order valence-electron chi connectivity index (χ0n) is 15.2. The van der Waals surface area contributed by atoms with E-state index in [-0.39, 0.29) is 6.10 Å². The van der Waals surface area contributed by atoms with E-state index in [1.165, 1.54) is 12.8 Å². The van der Waals surface area contributed by atoms with E-state index in [1.807, 2.05) is 18.5 Å². The summed E-state index contributed by atoms with van der Waals surface area (Å²) in [4.78, 5) is 11.5. The molecule has 0 amide bonds. The predicted molar refractivity (Wildman–Crippen MR) is 103 cm³/mol. The van der Waals surface area contributed by atoms with Crippen LogP contribution in [0.5, 0.6) is 5.88 Å². The van der Waals surface area contributed by atoms with Crippen LogP contribution in [0, 0.1) is 0 Å². The van der Waals surface area contributed by atoms with Crippen LogP contribution in [0.4, 0.5) is 5.82 Å². The van der Waals surface area contributed by atoms with E-state index in [2.05, 4.69) is 31.1 Å². The Morgan fingerprint density at radius 2 is 1.96 bits per heavy atom. The van der Waals surface area contributed by atoms with Crippen LogP contribution >= 0.6 is 0 Å². The summed E-state index contributed by atoms with van der Waals surface area (Å²) < 4.78 is 11.6. The molecule has 3 aromatic rings. The van der Waals surface area contributed by atoms with Crippen LogP contribution in [0.3, 0.4) is 0 Å². The van der Waals surface area contributed by atoms with Crippen molar-refractivity contribution in [3.63, 3.8) is 0 Å². The van der Waals surface area contributed by atoms with Crippen molar-refractivity contribution < 1.29 is 9.47 Å². The monoisotopic (exact) mass is 365 g/mol. The molecule has 2 aliphatic rings. The largest absolute Gasteiger partial charge is 0.474 e. The molecule has 5 heterocycles. The van der Waals surface area contributed by atoms with Gasteiger partial charge >= 0.3 is 0 Å². The van der Waals surface area contributed by atoms with Gasteiger partial charge in [0.05, 0.1) is 30.3 Å². The number of hydrogen-bond acceptors (Lipinski definition) is 6. The Hall–Kier alpha value is -2.67. The first-order valence-electron chi connectivity index (χ1n) is 9.66. The molecule has 0 spiro atoms. The van der Waals surface area contributed by atoms with Gasteiger partial charge in [-0.3, -0.25) is 5.10 Å². The van der Waals surface area contributed by atoms with E-state index in [4.69, 9.17) is 9.47 Å². The molecule has 2 fully saturated rings. The highest BCUT2D eigenvalue weighted by atomic mass is 16.5. The maximum atomic E-state index is 6.15. The van der Waals surface area contributed by atoms with Crippen LogP contribution in [0.15, 0.2) is 30.7 Å². The van der Waals surface area contributed by atoms with Crippen molar-refractivity contribution in [3.8, 4) is 17.0 Å². The van der Waals surface area contributed by atoms with Crippen LogP contribution in [0.25, 0.3) is 22.0 Å². The van der Waals surface area contributed by atoms with Gasteiger partial charge < -0.3 is 14.4 Å². The fourth-order valence-electron chi connectivity index (χ4n) is 3.88. The fraction of sp³-hybridized carbons (Fsp3) is 0.450. The molecule has 0 radical (unpaired) electrons. The third-order valence-corrected chi connectivity index (χ3v) is 5.38. The lowest BCUT2D eigenvalue weighted by atomic mass is 10.1. The molecule has 5 rings (SSSR count). The molecule has 0 aliphatic carbocycles. The zero-order chi connectivity index (χ0) is 18.1. The Labute approximate surface area is 157 Å². The fourth-order valence-corrected chi connectivity index (χ4v) is 3.88. The van der Waals surface area contributed by atoms with Crippen molar-refractivity contribution in [2.45, 2.75) is 31.8 Å². The molecule has 2 aliphatic heterocycles. The molecule has 0 unspecified atom stereocenters. The van der Waals surface area contributed by atoms with Crippen LogP contribution in [-0.2, 0) is 4.74 Å². The van der Waals surface area contributed by atoms with Crippen LogP contribution in [-0.4, -0.2) is 52.6 Å². The molecule has 0 atom stereocenters. The molecule has 27 heavy (non-hydrogen) atoms. The Kier molecular flexibility index (Phi) is 4.37. The van der Waals surface area contributed by atoms with Crippen LogP contribution in [0.2, 0.25) is 0 Å². The summed E-state index contributed by atoms with van der Waals surface area (Å²) in [5, 5.41) is 8.29. The van der Waals surface area contributed by atoms with Gasteiger partial charge in [-0.15, -0.1) is 0 Å². The predicted octanol–water partition coefficient (Wildman–Crippen LogP) is 3.18. The average molecular weight is 365 g/mol. The molecule has 140 valence electrons. The van der Waals surface area contributed by atoms with Crippen LogP contribution < -0.4 is 9.64 Å². The number of pyridine rings is 2. The number of anilines is 1. The summed E-state index contributed by atoms with van der Waals surface area (Å²) in [7, 11) is 0. The van der Waals surface area contributed by atoms with Gasteiger partial charge in [-0.2, -0.15) is 5.10 Å². The van der Waals surface area contributed by atoms with Gasteiger partial charge in [0, 0.05) is 43.9 Å². The zero-order valence-corrected chi connectivity index (χ0v) is 15.2. The highest BCUT2D eigenvalue weighted by molar-refractivity contribution is 5.95. The molecule has 2 saturated heterocycles. The standard InChI is InChI=1S/C20H23N5O2/c1-2-8-25(7-1)18-11-14(3-6-21-18)16-12-22-20(17-13-23-24-19(16)17)27-15-4-9-26-10-5-15/h3,6,11-13,15H,1-2,4-5,7-10H2,(H,23,24). The number of rotatable bonds is 4. The highest BCUT2D eigenvalue weighted by Gasteiger charge is 2.20. The van der Waals surface area contributed by atoms with E-state index in [9.17, 15) is 0 Å². The van der Waals surface area contributed by atoms with Crippen molar-refractivity contribution in [2.75, 3.05) is 31.2 Å². The van der Waals surface area contributed by atoms with Gasteiger partial charge in [-0.25, -0.2) is 9.97 Å². The summed E-state index contributed by atoms with van der Waals surface area (Å²) >= 11 is 0. The van der Waals surface area contributed by atoms with E-state index in [0.717, 1.165) is 67.0 Å². The number of hydrogen-bond donors (Lipinski definition) is 1. The smallest absolute Gasteiger partial charge is 0.224 e. The molecule has 1 N–H and O–H groups in total. The minimum atomic E-state index is 0.151. The SMILES string of the molecule is c1cc(-c2cnc(OC3CCOCC3)c3cn[nH]c23)cc(N2CCCC2)n1. The number of aromatic nitrogens is 4. The Morgan fingerprint density at radius 1 is 1.11 bits per heavy atom. The number of ether oxygens (including phenoxy) is 2. The molecular weight excluding hydrogens is 342 g/mol. The molecule has 0 aromatic carbocycles. The minimum Gasteiger partial charge on any atom is -0.474 e. The lowest BCUT2D eigenvalue weighted by Gasteiger charge is -2.23. The molecule has 0 bridgehead atoms. The highest BCUT2D eigenvalue weighted by Crippen LogP contribution is 2.33. The van der Waals surface area contributed by atoms with Gasteiger partial charge in [0.15, 0.2) is 0 Å². The first-order chi connectivity index (χ1) is 13.4. The second kappa shape index (κ2) is 7.15. The van der Waals surface area contributed by atoms with Crippen molar-refractivity contribution >= 4 is 16.7 Å². The second-order valence-corrected chi connectivity index (χ2v) is 7.16. The minimum absolute atomic E-state index is 0.151. The van der Waals surface area contributed by atoms with E-state index < -0.39 is 0 Å². The first kappa shape index (κ1) is 16.5. The lowest BCUT2D eigenvalue weighted by molar-refractivity contribution is 0.0244. The number of fused-ring (bicyclic) bond motifs is 1. The quantitative estimate of drug-likeness (QED) is 0.765. The maximum absolute atomic E-state index is 6.15. The van der Waals surface area contributed by atoms with Gasteiger partial charge in [-0.05, 0) is 30.5 Å². The first-order valence-corrected chi connectivity index (χ1v) is 9.66. The molecule has 3 aromatic heterocycles. The molecular formula is C20H23N5O2. The van der Waals surface area contributed by atoms with Gasteiger partial charge in [0.25, 0.3) is 0 Å². The Balaban J connectivity index is 1.48. The van der Waals surface area contributed by atoms with Gasteiger partial charge in [0.1, 0.15) is 11.9 Å². The third kappa shape index (κ3) is 3.23. The number of nitrogens with zero attached hydrogens (tertiary/aromatic N) is 4. The Bertz CT molecular complexity index is 929. The second-order valence-electron chi connectivity index (χ2n) is 7.16. The van der Waals surface area contributed by atoms with E-state index in [1.54, 1.807) is 6.20 Å². The van der Waals surface area contributed by atoms with Gasteiger partial charge in [0.2, 0.25) is 5.88 Å². The van der Waals surface area contributed by atoms with E-state index >= 15 is 0 Å². The summed E-state index contributed by atoms with van der Waals surface area (Å²) in [6.45, 7) is 3.64. The van der Waals surface area contributed by atoms with Crippen LogP contribution in [0.1, 0.15) is 25.7 Å². The topological polar surface area (TPSA) is 76.2 Å². The molecule has 0 saturated carbocycles. The summed E-state index contributed by atoms with van der Waals surface area (Å²) in [6, 6.07) is 4.16. The van der Waals surface area contributed by atoms with Crippen molar-refractivity contribution in [1.82, 2.24) is 20.2 Å². The number of H-pyrrole nitrogens is 1. The Morgan fingerprint density at radius 3 is 2.81 bits per heavy atom. The van der Waals surface area contributed by atoms with Gasteiger partial charge in [-0.1, -0.05) is 0 Å². The third-order valence-electron chi connectivity index (χ3n) is 5.38. The number of aromatic amines is 1. The van der Waals surface area contributed by atoms with Crippen molar-refractivity contribution in [3.05, 3.63) is 30.7 Å². The maximum Gasteiger partial charge on any atom is 0.224 e. The van der Waals surface area contributed by atoms with Crippen molar-refractivity contribution in [2.24, 2.45) is 0 Å². The normalized spacial score (nSPS) is 18.3. The lowest BCUT2D eigenvalue weighted by Crippen LogP contribution is -2.26.